The first-order chi connectivity index (χ1) is 22.1. The van der Waals surface area contributed by atoms with Crippen molar-refractivity contribution in [2.45, 2.75) is 32.5 Å². The van der Waals surface area contributed by atoms with Gasteiger partial charge in [-0.15, -0.1) is 11.3 Å². The van der Waals surface area contributed by atoms with Crippen LogP contribution in [-0.2, 0) is 18.4 Å². The number of amides is 1. The minimum Gasteiger partial charge on any atom is -0.490 e. The quantitative estimate of drug-likeness (QED) is 0.200. The lowest BCUT2D eigenvalue weighted by atomic mass is 9.96. The molecule has 234 valence electrons. The van der Waals surface area contributed by atoms with Crippen molar-refractivity contribution in [1.29, 1.82) is 0 Å². The van der Waals surface area contributed by atoms with E-state index in [1.165, 1.54) is 24.3 Å². The van der Waals surface area contributed by atoms with E-state index in [2.05, 4.69) is 11.6 Å². The highest BCUT2D eigenvalue weighted by molar-refractivity contribution is 7.18. The van der Waals surface area contributed by atoms with Gasteiger partial charge >= 0.3 is 0 Å². The third kappa shape index (κ3) is 5.03. The molecule has 0 radical (unpaired) electrons. The number of benzene rings is 2. The fraction of sp³-hybridized carbons (Fsp3) is 0.235. The van der Waals surface area contributed by atoms with Crippen molar-refractivity contribution in [2.24, 2.45) is 7.05 Å². The van der Waals surface area contributed by atoms with E-state index in [4.69, 9.17) is 14.8 Å². The number of aromatic nitrogens is 5. The highest BCUT2D eigenvalue weighted by Crippen LogP contribution is 2.47. The molecule has 1 amide bonds. The van der Waals surface area contributed by atoms with Crippen LogP contribution >= 0.6 is 11.3 Å². The lowest BCUT2D eigenvalue weighted by Crippen LogP contribution is -2.39. The van der Waals surface area contributed by atoms with Crippen LogP contribution in [0.2, 0.25) is 0 Å². The van der Waals surface area contributed by atoms with Crippen LogP contribution in [0.1, 0.15) is 25.6 Å². The summed E-state index contributed by atoms with van der Waals surface area (Å²) >= 11 is 1.40. The monoisotopic (exact) mass is 640 g/mol. The van der Waals surface area contributed by atoms with Crippen LogP contribution in [0, 0.1) is 11.6 Å². The summed E-state index contributed by atoms with van der Waals surface area (Å²) in [6, 6.07) is 11.5. The summed E-state index contributed by atoms with van der Waals surface area (Å²) in [6.45, 7) is 7.72. The zero-order valence-corrected chi connectivity index (χ0v) is 26.2. The van der Waals surface area contributed by atoms with Crippen LogP contribution in [-0.4, -0.2) is 59.5 Å². The van der Waals surface area contributed by atoms with Gasteiger partial charge in [0.05, 0.1) is 53.0 Å². The number of aliphatic hydroxyl groups is 1. The molecule has 0 saturated heterocycles. The van der Waals surface area contributed by atoms with Crippen molar-refractivity contribution in [3.05, 3.63) is 84.2 Å². The maximum Gasteiger partial charge on any atom is 0.246 e. The minimum absolute atomic E-state index is 0.0214. The number of rotatable bonds is 7. The van der Waals surface area contributed by atoms with Gasteiger partial charge in [0.25, 0.3) is 0 Å². The molecule has 6 aromatic rings. The molecule has 2 aromatic carbocycles. The van der Waals surface area contributed by atoms with Gasteiger partial charge < -0.3 is 19.3 Å². The third-order valence-corrected chi connectivity index (χ3v) is 9.08. The predicted molar refractivity (Wildman–Crippen MR) is 173 cm³/mol. The van der Waals surface area contributed by atoms with Crippen LogP contribution in [0.5, 0.6) is 5.75 Å². The molecule has 0 spiro atoms. The van der Waals surface area contributed by atoms with Gasteiger partial charge in [-0.05, 0) is 49.6 Å². The second-order valence-electron chi connectivity index (χ2n) is 11.6. The predicted octanol–water partition coefficient (Wildman–Crippen LogP) is 6.51. The van der Waals surface area contributed by atoms with Gasteiger partial charge in [-0.1, -0.05) is 12.6 Å². The largest absolute Gasteiger partial charge is 0.490 e. The number of nitrogens with zero attached hydrogens (tertiary/aromatic N) is 6. The van der Waals surface area contributed by atoms with E-state index in [1.54, 1.807) is 11.2 Å². The molecule has 12 heteroatoms. The number of thiophene rings is 1. The zero-order chi connectivity index (χ0) is 32.3. The Hall–Kier alpha value is -4.94. The van der Waals surface area contributed by atoms with Gasteiger partial charge in [0.1, 0.15) is 35.4 Å². The average molecular weight is 641 g/mol. The fourth-order valence-corrected chi connectivity index (χ4v) is 7.00. The lowest BCUT2D eigenvalue weighted by molar-refractivity contribution is -0.127. The summed E-state index contributed by atoms with van der Waals surface area (Å²) in [4.78, 5) is 23.9. The normalized spacial score (nSPS) is 15.3. The Morgan fingerprint density at radius 3 is 2.80 bits per heavy atom. The van der Waals surface area contributed by atoms with Crippen LogP contribution in [0.3, 0.4) is 0 Å². The Labute approximate surface area is 267 Å². The zero-order valence-electron chi connectivity index (χ0n) is 25.4. The van der Waals surface area contributed by atoms with Crippen molar-refractivity contribution < 1.29 is 23.4 Å². The molecule has 9 nitrogen and oxygen atoms in total. The summed E-state index contributed by atoms with van der Waals surface area (Å²) in [5.41, 5.74) is 5.30. The highest BCUT2D eigenvalue weighted by Gasteiger charge is 2.30. The number of carbonyl (C=O) groups is 1. The van der Waals surface area contributed by atoms with Crippen molar-refractivity contribution in [2.75, 3.05) is 13.2 Å². The van der Waals surface area contributed by atoms with Gasteiger partial charge in [-0.2, -0.15) is 5.10 Å². The summed E-state index contributed by atoms with van der Waals surface area (Å²) in [5.74, 6) is -1.87. The average Bonchev–Trinajstić information content (AvgIpc) is 3.78. The van der Waals surface area contributed by atoms with Crippen LogP contribution < -0.4 is 4.74 Å². The van der Waals surface area contributed by atoms with Gasteiger partial charge in [0.2, 0.25) is 5.91 Å². The number of ether oxygens (including phenoxy) is 1. The Balaban J connectivity index is 1.52. The molecular weight excluding hydrogens is 610 g/mol. The number of aryl methyl sites for hydroxylation is 1. The standard InChI is InChI=1S/C34H30F2N6O3S/c1-5-29(44)41-14-18(2)42-22(15-41)13-26(39-42)33-31(30-24(36)11-21(35)12-28(30)45-16-19(3)43)34-23(8-9-46-34)32(38-33)20-6-7-25-27(10-20)40(4)17-37-25/h5-13,17-19,43H,1,14-16H2,2-4H3/t18-,19+/m0/s1. The van der Waals surface area contributed by atoms with Crippen molar-refractivity contribution >= 4 is 38.4 Å². The summed E-state index contributed by atoms with van der Waals surface area (Å²) < 4.78 is 41.0. The first-order valence-corrected chi connectivity index (χ1v) is 15.6. The van der Waals surface area contributed by atoms with Crippen LogP contribution in [0.25, 0.3) is 54.9 Å². The summed E-state index contributed by atoms with van der Waals surface area (Å²) in [7, 11) is 1.92. The Morgan fingerprint density at radius 1 is 1.20 bits per heavy atom. The molecule has 46 heavy (non-hydrogen) atoms. The Morgan fingerprint density at radius 2 is 2.02 bits per heavy atom. The number of carbonyl (C=O) groups excluding carboxylic acids is 1. The second kappa shape index (κ2) is 11.5. The van der Waals surface area contributed by atoms with E-state index in [1.807, 2.05) is 58.9 Å². The van der Waals surface area contributed by atoms with Crippen molar-refractivity contribution in [3.8, 4) is 39.5 Å². The molecule has 0 fully saturated rings. The number of hydrogen-bond acceptors (Lipinski definition) is 7. The minimum atomic E-state index is -0.870. The van der Waals surface area contributed by atoms with E-state index < -0.39 is 17.7 Å². The van der Waals surface area contributed by atoms with Crippen molar-refractivity contribution in [1.82, 2.24) is 29.2 Å². The third-order valence-electron chi connectivity index (χ3n) is 8.15. The molecule has 2 atom stereocenters. The number of hydrogen-bond donors (Lipinski definition) is 1. The molecule has 7 rings (SSSR count). The van der Waals surface area contributed by atoms with Crippen LogP contribution in [0.15, 0.2) is 66.8 Å². The number of halogens is 2. The molecule has 0 saturated carbocycles. The number of aliphatic hydroxyl groups excluding tert-OH is 1. The van der Waals surface area contributed by atoms with Crippen LogP contribution in [0.4, 0.5) is 8.78 Å². The SMILES string of the molecule is C=CC(=O)N1Cc2cc(-c3nc(-c4ccc5ncn(C)c5c4)c4ccsc4c3-c3c(F)cc(F)cc3OC[C@@H](C)O)nn2[C@@H](C)C1. The van der Waals surface area contributed by atoms with Gasteiger partial charge in [0.15, 0.2) is 0 Å². The number of pyridine rings is 1. The Bertz CT molecular complexity index is 2170. The van der Waals surface area contributed by atoms with Gasteiger partial charge in [-0.3, -0.25) is 9.48 Å². The van der Waals surface area contributed by atoms with E-state index >= 15 is 4.39 Å². The van der Waals surface area contributed by atoms with Gasteiger partial charge in [0, 0.05) is 46.9 Å². The maximum atomic E-state index is 16.0. The second-order valence-corrected chi connectivity index (χ2v) is 12.5. The number of fused-ring (bicyclic) bond motifs is 3. The molecule has 0 unspecified atom stereocenters. The summed E-state index contributed by atoms with van der Waals surface area (Å²) in [6.07, 6.45) is 2.17. The lowest BCUT2D eigenvalue weighted by Gasteiger charge is -2.31. The molecule has 4 aromatic heterocycles. The number of imidazole rings is 1. The van der Waals surface area contributed by atoms with E-state index in [0.29, 0.717) is 40.4 Å². The smallest absolute Gasteiger partial charge is 0.246 e. The van der Waals surface area contributed by atoms with Crippen molar-refractivity contribution in [3.63, 3.8) is 0 Å². The summed E-state index contributed by atoms with van der Waals surface area (Å²) in [5, 5.41) is 17.6. The molecule has 0 aliphatic carbocycles. The fourth-order valence-electron chi connectivity index (χ4n) is 6.05. The highest BCUT2D eigenvalue weighted by atomic mass is 32.1. The first-order valence-electron chi connectivity index (χ1n) is 14.8. The Kier molecular flexibility index (Phi) is 7.41. The molecule has 1 aliphatic heterocycles. The van der Waals surface area contributed by atoms with Gasteiger partial charge in [-0.25, -0.2) is 18.7 Å². The molecule has 0 bridgehead atoms. The van der Waals surface area contributed by atoms with E-state index in [9.17, 15) is 14.3 Å². The molecule has 5 heterocycles. The molecule has 1 aliphatic rings. The van der Waals surface area contributed by atoms with E-state index in [0.717, 1.165) is 39.8 Å². The van der Waals surface area contributed by atoms with E-state index in [-0.39, 0.29) is 29.9 Å². The maximum absolute atomic E-state index is 16.0. The molecule has 1 N–H and O–H groups in total. The molecular formula is C34H30F2N6O3S. The topological polar surface area (TPSA) is 98.3 Å². The first kappa shape index (κ1) is 29.8.